The molecule has 0 amide bonds. The third kappa shape index (κ3) is 4.30. The van der Waals surface area contributed by atoms with Gasteiger partial charge in [0.2, 0.25) is 0 Å². The van der Waals surface area contributed by atoms with Crippen LogP contribution in [0.25, 0.3) is 32.5 Å². The van der Waals surface area contributed by atoms with Crippen LogP contribution in [0.2, 0.25) is 0 Å². The molecule has 0 spiro atoms. The second-order valence-corrected chi connectivity index (χ2v) is 8.41. The molecule has 2 heterocycles. The summed E-state index contributed by atoms with van der Waals surface area (Å²) in [6.45, 7) is 12.6. The van der Waals surface area contributed by atoms with Gasteiger partial charge in [-0.25, -0.2) is 9.67 Å². The van der Waals surface area contributed by atoms with Gasteiger partial charge >= 0.3 is 0 Å². The highest BCUT2D eigenvalue weighted by Crippen LogP contribution is 2.30. The van der Waals surface area contributed by atoms with Gasteiger partial charge in [0.15, 0.2) is 0 Å². The summed E-state index contributed by atoms with van der Waals surface area (Å²) in [5.41, 5.74) is 6.12. The van der Waals surface area contributed by atoms with Crippen LogP contribution in [-0.4, -0.2) is 38.0 Å². The molecule has 0 bridgehead atoms. The number of thiazole rings is 1. The van der Waals surface area contributed by atoms with Gasteiger partial charge in [0, 0.05) is 24.4 Å². The lowest BCUT2D eigenvalue weighted by Gasteiger charge is -2.22. The first-order valence-electron chi connectivity index (χ1n) is 10.6. The van der Waals surface area contributed by atoms with Crippen molar-refractivity contribution in [1.29, 1.82) is 0 Å². The zero-order valence-corrected chi connectivity index (χ0v) is 19.1. The average molecular weight is 430 g/mol. The number of nitrogens with zero attached hydrogens (tertiary/aromatic N) is 5. The van der Waals surface area contributed by atoms with Crippen LogP contribution >= 0.6 is 11.3 Å². The fourth-order valence-electron chi connectivity index (χ4n) is 3.62. The Labute approximate surface area is 187 Å². The quantitative estimate of drug-likeness (QED) is 0.311. The largest absolute Gasteiger partial charge is 0.375 e. The number of para-hydroxylation sites is 1. The Morgan fingerprint density at radius 3 is 2.74 bits per heavy atom. The normalized spacial score (nSPS) is 12.6. The fourth-order valence-corrected chi connectivity index (χ4v) is 4.64. The van der Waals surface area contributed by atoms with E-state index < -0.39 is 0 Å². The van der Waals surface area contributed by atoms with Crippen LogP contribution in [0.15, 0.2) is 73.0 Å². The summed E-state index contributed by atoms with van der Waals surface area (Å²) in [6.07, 6.45) is 7.29. The molecule has 0 saturated heterocycles. The Balaban J connectivity index is 1.68. The van der Waals surface area contributed by atoms with E-state index in [1.54, 1.807) is 11.3 Å². The Morgan fingerprint density at radius 1 is 1.13 bits per heavy atom. The highest BCUT2D eigenvalue weighted by molar-refractivity contribution is 7.19. The standard InChI is InChI=1S/C25H27N5S/c1-5-16-29(7-3)18(4)12-13-19(6-2)25-26-22-15-14-20(17-24(22)31-25)30-23-11-9-8-10-21(23)27-28-30/h6,8-15,17H,2,5,7,16H2,1,3-4H3/b18-12+,19-13+. The Bertz CT molecular complexity index is 1280. The van der Waals surface area contributed by atoms with Gasteiger partial charge in [-0.15, -0.1) is 16.4 Å². The zero-order chi connectivity index (χ0) is 21.8. The molecule has 0 N–H and O–H groups in total. The first kappa shape index (κ1) is 21.0. The summed E-state index contributed by atoms with van der Waals surface area (Å²) in [6, 6.07) is 14.2. The lowest BCUT2D eigenvalue weighted by Crippen LogP contribution is -2.21. The van der Waals surface area contributed by atoms with Crippen LogP contribution in [0.4, 0.5) is 0 Å². The van der Waals surface area contributed by atoms with Gasteiger partial charge in [0.25, 0.3) is 0 Å². The van der Waals surface area contributed by atoms with Crippen molar-refractivity contribution >= 4 is 38.2 Å². The number of hydrogen-bond donors (Lipinski definition) is 0. The van der Waals surface area contributed by atoms with Gasteiger partial charge in [-0.3, -0.25) is 0 Å². The molecule has 5 nitrogen and oxygen atoms in total. The molecule has 4 aromatic rings. The van der Waals surface area contributed by atoms with Crippen LogP contribution in [0.3, 0.4) is 0 Å². The van der Waals surface area contributed by atoms with Crippen molar-refractivity contribution in [3.05, 3.63) is 78.0 Å². The van der Waals surface area contributed by atoms with Crippen molar-refractivity contribution in [2.45, 2.75) is 27.2 Å². The molecular formula is C25H27N5S. The highest BCUT2D eigenvalue weighted by atomic mass is 32.1. The van der Waals surface area contributed by atoms with E-state index in [0.717, 1.165) is 57.0 Å². The van der Waals surface area contributed by atoms with Gasteiger partial charge in [-0.1, -0.05) is 43.0 Å². The summed E-state index contributed by atoms with van der Waals surface area (Å²) >= 11 is 1.67. The maximum Gasteiger partial charge on any atom is 0.124 e. The van der Waals surface area contributed by atoms with Crippen LogP contribution in [-0.2, 0) is 0 Å². The maximum atomic E-state index is 4.84. The fraction of sp³-hybridized carbons (Fsp3) is 0.240. The van der Waals surface area contributed by atoms with Crippen molar-refractivity contribution in [2.75, 3.05) is 13.1 Å². The Morgan fingerprint density at radius 2 is 1.97 bits per heavy atom. The van der Waals surface area contributed by atoms with E-state index in [2.05, 4.69) is 60.8 Å². The molecule has 0 aliphatic carbocycles. The smallest absolute Gasteiger partial charge is 0.124 e. The zero-order valence-electron chi connectivity index (χ0n) is 18.2. The SMILES string of the molecule is C=C/C(=C\C=C(/C)N(CC)CCC)c1nc2ccc(-n3nnc4ccccc43)cc2s1. The lowest BCUT2D eigenvalue weighted by molar-refractivity contribution is 0.363. The molecule has 0 aliphatic rings. The average Bonchev–Trinajstić information content (AvgIpc) is 3.41. The molecule has 158 valence electrons. The van der Waals surface area contributed by atoms with E-state index in [1.807, 2.05) is 47.2 Å². The molecule has 6 heteroatoms. The van der Waals surface area contributed by atoms with Gasteiger partial charge in [0.1, 0.15) is 10.5 Å². The van der Waals surface area contributed by atoms with Crippen molar-refractivity contribution in [3.8, 4) is 5.69 Å². The second kappa shape index (κ2) is 9.27. The number of benzene rings is 2. The summed E-state index contributed by atoms with van der Waals surface area (Å²) in [5, 5.41) is 9.56. The number of aromatic nitrogens is 4. The molecular weight excluding hydrogens is 402 g/mol. The number of rotatable bonds is 8. The third-order valence-electron chi connectivity index (χ3n) is 5.31. The minimum atomic E-state index is 0.885. The van der Waals surface area contributed by atoms with Crippen molar-refractivity contribution in [2.24, 2.45) is 0 Å². The Hall–Kier alpha value is -3.25. The predicted octanol–water partition coefficient (Wildman–Crippen LogP) is 6.24. The molecule has 2 aromatic heterocycles. The predicted molar refractivity (Wildman–Crippen MR) is 132 cm³/mol. The van der Waals surface area contributed by atoms with Crippen molar-refractivity contribution in [1.82, 2.24) is 24.9 Å². The second-order valence-electron chi connectivity index (χ2n) is 7.37. The monoisotopic (exact) mass is 429 g/mol. The van der Waals surface area contributed by atoms with Crippen LogP contribution in [0, 0.1) is 0 Å². The summed E-state index contributed by atoms with van der Waals surface area (Å²) in [5.74, 6) is 0. The molecule has 31 heavy (non-hydrogen) atoms. The third-order valence-corrected chi connectivity index (χ3v) is 6.38. The maximum absolute atomic E-state index is 4.84. The van der Waals surface area contributed by atoms with Crippen LogP contribution in [0.5, 0.6) is 0 Å². The summed E-state index contributed by atoms with van der Waals surface area (Å²) in [4.78, 5) is 7.22. The first-order chi connectivity index (χ1) is 15.1. The van der Waals surface area contributed by atoms with Gasteiger partial charge in [0.05, 0.1) is 21.4 Å². The minimum Gasteiger partial charge on any atom is -0.375 e. The topological polar surface area (TPSA) is 46.8 Å². The van der Waals surface area contributed by atoms with E-state index in [1.165, 1.54) is 5.70 Å². The van der Waals surface area contributed by atoms with Crippen molar-refractivity contribution in [3.63, 3.8) is 0 Å². The Kier molecular flexibility index (Phi) is 6.28. The van der Waals surface area contributed by atoms with Crippen LogP contribution in [0.1, 0.15) is 32.2 Å². The number of allylic oxidation sites excluding steroid dienone is 5. The van der Waals surface area contributed by atoms with E-state index in [-0.39, 0.29) is 0 Å². The number of fused-ring (bicyclic) bond motifs is 2. The summed E-state index contributed by atoms with van der Waals surface area (Å²) in [7, 11) is 0. The lowest BCUT2D eigenvalue weighted by atomic mass is 10.2. The van der Waals surface area contributed by atoms with Crippen LogP contribution < -0.4 is 0 Å². The van der Waals surface area contributed by atoms with E-state index in [4.69, 9.17) is 4.98 Å². The van der Waals surface area contributed by atoms with E-state index >= 15 is 0 Å². The van der Waals surface area contributed by atoms with Gasteiger partial charge in [-0.2, -0.15) is 0 Å². The highest BCUT2D eigenvalue weighted by Gasteiger charge is 2.11. The van der Waals surface area contributed by atoms with Crippen molar-refractivity contribution < 1.29 is 0 Å². The number of hydrogen-bond acceptors (Lipinski definition) is 5. The van der Waals surface area contributed by atoms with E-state index in [0.29, 0.717) is 0 Å². The molecule has 0 radical (unpaired) electrons. The molecule has 0 unspecified atom stereocenters. The molecule has 0 atom stereocenters. The van der Waals surface area contributed by atoms with Gasteiger partial charge in [-0.05, 0) is 56.7 Å². The van der Waals surface area contributed by atoms with Gasteiger partial charge < -0.3 is 4.90 Å². The summed E-state index contributed by atoms with van der Waals surface area (Å²) < 4.78 is 2.99. The molecule has 2 aromatic carbocycles. The molecule has 0 saturated carbocycles. The molecule has 4 rings (SSSR count). The molecule has 0 aliphatic heterocycles. The minimum absolute atomic E-state index is 0.885. The molecule has 0 fully saturated rings. The van der Waals surface area contributed by atoms with E-state index in [9.17, 15) is 0 Å². The first-order valence-corrected chi connectivity index (χ1v) is 11.4.